The average Bonchev–Trinajstić information content (AvgIpc) is 2.03. The molecular formula is C8H17N2. The molecule has 0 unspecified atom stereocenters. The Balaban J connectivity index is 2.02. The van der Waals surface area contributed by atoms with Gasteiger partial charge in [-0.15, -0.1) is 0 Å². The summed E-state index contributed by atoms with van der Waals surface area (Å²) < 4.78 is 0. The van der Waals surface area contributed by atoms with Crippen LogP contribution in [0.2, 0.25) is 0 Å². The first-order chi connectivity index (χ1) is 4.93. The van der Waals surface area contributed by atoms with Crippen molar-refractivity contribution in [2.75, 3.05) is 13.1 Å². The minimum Gasteiger partial charge on any atom is -0.313 e. The largest absolute Gasteiger partial charge is 0.313 e. The van der Waals surface area contributed by atoms with Crippen LogP contribution in [0, 0.1) is 0 Å². The highest BCUT2D eigenvalue weighted by atomic mass is 14.9. The summed E-state index contributed by atoms with van der Waals surface area (Å²) in [5.74, 6) is 0. The van der Waals surface area contributed by atoms with E-state index < -0.39 is 0 Å². The van der Waals surface area contributed by atoms with Gasteiger partial charge in [0.05, 0.1) is 0 Å². The summed E-state index contributed by atoms with van der Waals surface area (Å²) in [6, 6.07) is 0.735. The van der Waals surface area contributed by atoms with Gasteiger partial charge in [-0.05, 0) is 12.8 Å². The molecule has 1 aliphatic rings. The highest BCUT2D eigenvalue weighted by Crippen LogP contribution is 2.16. The van der Waals surface area contributed by atoms with Gasteiger partial charge >= 0.3 is 0 Å². The van der Waals surface area contributed by atoms with Crippen LogP contribution < -0.4 is 11.1 Å². The zero-order chi connectivity index (χ0) is 7.23. The zero-order valence-corrected chi connectivity index (χ0v) is 6.53. The van der Waals surface area contributed by atoms with Gasteiger partial charge in [-0.1, -0.05) is 19.3 Å². The quantitative estimate of drug-likeness (QED) is 0.629. The predicted molar refractivity (Wildman–Crippen MR) is 42.8 cm³/mol. The van der Waals surface area contributed by atoms with Crippen molar-refractivity contribution in [2.45, 2.75) is 38.1 Å². The van der Waals surface area contributed by atoms with Crippen molar-refractivity contribution < 1.29 is 0 Å². The second-order valence-electron chi connectivity index (χ2n) is 3.04. The SMILES string of the molecule is [NH]CCNC1CCCCC1. The highest BCUT2D eigenvalue weighted by molar-refractivity contribution is 4.71. The van der Waals surface area contributed by atoms with Gasteiger partial charge in [0.1, 0.15) is 0 Å². The molecule has 0 aromatic carbocycles. The first kappa shape index (κ1) is 8.02. The van der Waals surface area contributed by atoms with Crippen LogP contribution in [0.25, 0.3) is 0 Å². The Bertz CT molecular complexity index is 77.3. The van der Waals surface area contributed by atoms with Crippen molar-refractivity contribution in [3.8, 4) is 0 Å². The Morgan fingerprint density at radius 3 is 2.50 bits per heavy atom. The second kappa shape index (κ2) is 4.69. The molecule has 2 nitrogen and oxygen atoms in total. The smallest absolute Gasteiger partial charge is 0.0225 e. The molecule has 0 atom stereocenters. The number of nitrogens with one attached hydrogen (secondary N) is 2. The Hall–Kier alpha value is -0.0800. The first-order valence-corrected chi connectivity index (χ1v) is 4.31. The molecule has 1 rings (SSSR count). The van der Waals surface area contributed by atoms with Crippen LogP contribution in [0.4, 0.5) is 0 Å². The summed E-state index contributed by atoms with van der Waals surface area (Å²) in [6.45, 7) is 1.40. The van der Waals surface area contributed by atoms with Crippen LogP contribution in [0.3, 0.4) is 0 Å². The van der Waals surface area contributed by atoms with Gasteiger partial charge in [0, 0.05) is 19.1 Å². The van der Waals surface area contributed by atoms with E-state index in [1.165, 1.54) is 32.1 Å². The van der Waals surface area contributed by atoms with E-state index in [1.54, 1.807) is 0 Å². The molecule has 0 aliphatic heterocycles. The standard InChI is InChI=1S/C8H17N2/c9-6-7-10-8-4-2-1-3-5-8/h8-10H,1-7H2. The van der Waals surface area contributed by atoms with Crippen LogP contribution in [0.1, 0.15) is 32.1 Å². The second-order valence-corrected chi connectivity index (χ2v) is 3.04. The molecular weight excluding hydrogens is 124 g/mol. The fourth-order valence-electron chi connectivity index (χ4n) is 1.58. The van der Waals surface area contributed by atoms with Gasteiger partial charge in [-0.2, -0.15) is 0 Å². The summed E-state index contributed by atoms with van der Waals surface area (Å²) in [5, 5.41) is 3.38. The molecule has 0 aromatic rings. The van der Waals surface area contributed by atoms with E-state index in [0.717, 1.165) is 12.6 Å². The first-order valence-electron chi connectivity index (χ1n) is 4.31. The van der Waals surface area contributed by atoms with E-state index >= 15 is 0 Å². The molecule has 1 radical (unpaired) electrons. The lowest BCUT2D eigenvalue weighted by atomic mass is 9.96. The van der Waals surface area contributed by atoms with Gasteiger partial charge in [0.25, 0.3) is 0 Å². The summed E-state index contributed by atoms with van der Waals surface area (Å²) in [4.78, 5) is 0. The van der Waals surface area contributed by atoms with Gasteiger partial charge in [-0.25, -0.2) is 0 Å². The summed E-state index contributed by atoms with van der Waals surface area (Å²) in [5.41, 5.74) is 6.96. The zero-order valence-electron chi connectivity index (χ0n) is 6.53. The number of hydrogen-bond donors (Lipinski definition) is 1. The monoisotopic (exact) mass is 141 g/mol. The molecule has 0 amide bonds. The average molecular weight is 141 g/mol. The lowest BCUT2D eigenvalue weighted by Crippen LogP contribution is -2.33. The summed E-state index contributed by atoms with van der Waals surface area (Å²) in [7, 11) is 0. The topological polar surface area (TPSA) is 35.8 Å². The third kappa shape index (κ3) is 2.67. The molecule has 10 heavy (non-hydrogen) atoms. The summed E-state index contributed by atoms with van der Waals surface area (Å²) in [6.07, 6.45) is 6.85. The van der Waals surface area contributed by atoms with Crippen molar-refractivity contribution in [2.24, 2.45) is 0 Å². The minimum atomic E-state index is 0.524. The lowest BCUT2D eigenvalue weighted by Gasteiger charge is -2.22. The molecule has 59 valence electrons. The molecule has 1 fully saturated rings. The van der Waals surface area contributed by atoms with Crippen LogP contribution >= 0.6 is 0 Å². The summed E-state index contributed by atoms with van der Waals surface area (Å²) >= 11 is 0. The van der Waals surface area contributed by atoms with Crippen molar-refractivity contribution in [1.29, 1.82) is 0 Å². The molecule has 1 saturated carbocycles. The molecule has 0 bridgehead atoms. The Labute approximate surface area is 63.2 Å². The van der Waals surface area contributed by atoms with Crippen LogP contribution in [0.5, 0.6) is 0 Å². The van der Waals surface area contributed by atoms with E-state index in [2.05, 4.69) is 5.32 Å². The van der Waals surface area contributed by atoms with E-state index in [-0.39, 0.29) is 0 Å². The molecule has 0 spiro atoms. The van der Waals surface area contributed by atoms with E-state index in [4.69, 9.17) is 5.73 Å². The van der Waals surface area contributed by atoms with E-state index in [9.17, 15) is 0 Å². The Morgan fingerprint density at radius 2 is 1.90 bits per heavy atom. The van der Waals surface area contributed by atoms with E-state index in [0.29, 0.717) is 6.54 Å². The van der Waals surface area contributed by atoms with Gasteiger partial charge in [-0.3, -0.25) is 5.73 Å². The Morgan fingerprint density at radius 1 is 1.20 bits per heavy atom. The predicted octanol–water partition coefficient (Wildman–Crippen LogP) is 1.19. The van der Waals surface area contributed by atoms with E-state index in [1.807, 2.05) is 0 Å². The molecule has 1 aliphatic carbocycles. The molecule has 0 aromatic heterocycles. The third-order valence-corrected chi connectivity index (χ3v) is 2.16. The van der Waals surface area contributed by atoms with Gasteiger partial charge in [0.2, 0.25) is 0 Å². The van der Waals surface area contributed by atoms with Gasteiger partial charge in [0.15, 0.2) is 0 Å². The molecule has 2 N–H and O–H groups in total. The number of rotatable bonds is 3. The maximum absolute atomic E-state index is 6.96. The lowest BCUT2D eigenvalue weighted by molar-refractivity contribution is 0.376. The third-order valence-electron chi connectivity index (χ3n) is 2.16. The minimum absolute atomic E-state index is 0.524. The van der Waals surface area contributed by atoms with Crippen LogP contribution in [0.15, 0.2) is 0 Å². The normalized spacial score (nSPS) is 21.3. The van der Waals surface area contributed by atoms with Gasteiger partial charge < -0.3 is 5.32 Å². The van der Waals surface area contributed by atoms with Crippen molar-refractivity contribution >= 4 is 0 Å². The molecule has 2 heteroatoms. The Kier molecular flexibility index (Phi) is 3.76. The van der Waals surface area contributed by atoms with Crippen molar-refractivity contribution in [3.05, 3.63) is 0 Å². The van der Waals surface area contributed by atoms with Crippen molar-refractivity contribution in [3.63, 3.8) is 0 Å². The fourth-order valence-corrected chi connectivity index (χ4v) is 1.58. The van der Waals surface area contributed by atoms with Crippen LogP contribution in [-0.2, 0) is 0 Å². The molecule has 0 heterocycles. The number of hydrogen-bond acceptors (Lipinski definition) is 1. The fraction of sp³-hybridized carbons (Fsp3) is 1.00. The molecule has 0 saturated heterocycles. The van der Waals surface area contributed by atoms with Crippen LogP contribution in [-0.4, -0.2) is 19.1 Å². The maximum atomic E-state index is 6.96. The maximum Gasteiger partial charge on any atom is 0.0225 e. The van der Waals surface area contributed by atoms with Crippen molar-refractivity contribution in [1.82, 2.24) is 11.1 Å². The highest BCUT2D eigenvalue weighted by Gasteiger charge is 2.10.